The Hall–Kier alpha value is -1.17. The molecule has 1 unspecified atom stereocenters. The molecule has 0 aromatic carbocycles. The number of hydrogen-bond donors (Lipinski definition) is 1. The molecule has 1 aromatic heterocycles. The first-order chi connectivity index (χ1) is 7.07. The summed E-state index contributed by atoms with van der Waals surface area (Å²) in [5.74, 6) is 0. The monoisotopic (exact) mass is 217 g/mol. The summed E-state index contributed by atoms with van der Waals surface area (Å²) >= 11 is 0. The molecule has 0 spiro atoms. The smallest absolute Gasteiger partial charge is 0.309 e. The lowest BCUT2D eigenvalue weighted by molar-refractivity contribution is -0.141. The standard InChI is InChI=1S/C9H10F3N3/c10-9(11,12)8-4-7(14-5-15-8)6-2-1-3-13-6/h4-6,13H,1-3H2. The number of nitrogens with zero attached hydrogens (tertiary/aromatic N) is 2. The van der Waals surface area contributed by atoms with Crippen LogP contribution in [0, 0.1) is 0 Å². The molecule has 1 saturated heterocycles. The van der Waals surface area contributed by atoms with E-state index in [0.717, 1.165) is 31.8 Å². The number of alkyl halides is 3. The van der Waals surface area contributed by atoms with Gasteiger partial charge in [-0.1, -0.05) is 0 Å². The minimum atomic E-state index is -4.39. The van der Waals surface area contributed by atoms with E-state index in [4.69, 9.17) is 0 Å². The van der Waals surface area contributed by atoms with E-state index in [1.54, 1.807) is 0 Å². The predicted octanol–water partition coefficient (Wildman–Crippen LogP) is 1.92. The lowest BCUT2D eigenvalue weighted by Gasteiger charge is -2.11. The molecule has 3 nitrogen and oxygen atoms in total. The molecule has 1 N–H and O–H groups in total. The van der Waals surface area contributed by atoms with Crippen LogP contribution in [0.15, 0.2) is 12.4 Å². The maximum absolute atomic E-state index is 12.3. The van der Waals surface area contributed by atoms with E-state index in [1.165, 1.54) is 0 Å². The average Bonchev–Trinajstić information content (AvgIpc) is 2.69. The summed E-state index contributed by atoms with van der Waals surface area (Å²) in [5, 5.41) is 3.09. The molecule has 2 heterocycles. The van der Waals surface area contributed by atoms with Crippen LogP contribution in [-0.2, 0) is 6.18 Å². The van der Waals surface area contributed by atoms with Crippen molar-refractivity contribution in [3.05, 3.63) is 23.8 Å². The maximum Gasteiger partial charge on any atom is 0.433 e. The molecule has 6 heteroatoms. The topological polar surface area (TPSA) is 37.8 Å². The van der Waals surface area contributed by atoms with Gasteiger partial charge in [0.15, 0.2) is 0 Å². The van der Waals surface area contributed by atoms with Gasteiger partial charge in [0.05, 0.1) is 5.69 Å². The summed E-state index contributed by atoms with van der Waals surface area (Å²) in [6.45, 7) is 0.829. The molecular weight excluding hydrogens is 207 g/mol. The summed E-state index contributed by atoms with van der Waals surface area (Å²) in [5.41, 5.74) is -0.448. The molecule has 15 heavy (non-hydrogen) atoms. The summed E-state index contributed by atoms with van der Waals surface area (Å²) in [4.78, 5) is 7.08. The van der Waals surface area contributed by atoms with Crippen LogP contribution in [0.4, 0.5) is 13.2 Å². The third-order valence-corrected chi connectivity index (χ3v) is 2.40. The highest BCUT2D eigenvalue weighted by Crippen LogP contribution is 2.29. The Bertz CT molecular complexity index is 345. The fraction of sp³-hybridized carbons (Fsp3) is 0.556. The van der Waals surface area contributed by atoms with E-state index < -0.39 is 11.9 Å². The van der Waals surface area contributed by atoms with E-state index in [9.17, 15) is 13.2 Å². The third-order valence-electron chi connectivity index (χ3n) is 2.40. The largest absolute Gasteiger partial charge is 0.433 e. The Morgan fingerprint density at radius 2 is 2.13 bits per heavy atom. The van der Waals surface area contributed by atoms with Crippen molar-refractivity contribution in [1.82, 2.24) is 15.3 Å². The molecule has 0 saturated carbocycles. The summed E-state index contributed by atoms with van der Waals surface area (Å²) in [7, 11) is 0. The second kappa shape index (κ2) is 3.77. The van der Waals surface area contributed by atoms with Gasteiger partial charge in [-0.3, -0.25) is 0 Å². The van der Waals surface area contributed by atoms with E-state index in [2.05, 4.69) is 15.3 Å². The Balaban J connectivity index is 2.26. The highest BCUT2D eigenvalue weighted by molar-refractivity contribution is 5.15. The third kappa shape index (κ3) is 2.26. The highest BCUT2D eigenvalue weighted by atomic mass is 19.4. The van der Waals surface area contributed by atoms with Crippen LogP contribution in [0.3, 0.4) is 0 Å². The lowest BCUT2D eigenvalue weighted by atomic mass is 10.1. The summed E-state index contributed by atoms with van der Waals surface area (Å²) in [6, 6.07) is 0.956. The number of nitrogens with one attached hydrogen (secondary N) is 1. The normalized spacial score (nSPS) is 21.9. The van der Waals surface area contributed by atoms with Gasteiger partial charge in [-0.15, -0.1) is 0 Å². The van der Waals surface area contributed by atoms with Gasteiger partial charge >= 0.3 is 6.18 Å². The van der Waals surface area contributed by atoms with Crippen LogP contribution < -0.4 is 5.32 Å². The minimum Gasteiger partial charge on any atom is -0.309 e. The molecule has 1 aromatic rings. The van der Waals surface area contributed by atoms with Crippen LogP contribution in [0.25, 0.3) is 0 Å². The van der Waals surface area contributed by atoms with Gasteiger partial charge in [0.25, 0.3) is 0 Å². The van der Waals surface area contributed by atoms with Crippen molar-refractivity contribution in [2.75, 3.05) is 6.54 Å². The van der Waals surface area contributed by atoms with E-state index in [1.807, 2.05) is 0 Å². The number of halogens is 3. The van der Waals surface area contributed by atoms with E-state index >= 15 is 0 Å². The maximum atomic E-state index is 12.3. The molecular formula is C9H10F3N3. The zero-order valence-corrected chi connectivity index (χ0v) is 7.88. The van der Waals surface area contributed by atoms with Crippen molar-refractivity contribution in [3.8, 4) is 0 Å². The Labute approximate surface area is 84.7 Å². The quantitative estimate of drug-likeness (QED) is 0.780. The fourth-order valence-electron chi connectivity index (χ4n) is 1.65. The fourth-order valence-corrected chi connectivity index (χ4v) is 1.65. The van der Waals surface area contributed by atoms with Gasteiger partial charge in [0.1, 0.15) is 12.0 Å². The number of aromatic nitrogens is 2. The van der Waals surface area contributed by atoms with Crippen molar-refractivity contribution >= 4 is 0 Å². The van der Waals surface area contributed by atoms with Crippen LogP contribution in [-0.4, -0.2) is 16.5 Å². The highest BCUT2D eigenvalue weighted by Gasteiger charge is 2.33. The van der Waals surface area contributed by atoms with Gasteiger partial charge in [0.2, 0.25) is 0 Å². The van der Waals surface area contributed by atoms with Crippen molar-refractivity contribution < 1.29 is 13.2 Å². The molecule has 0 aliphatic carbocycles. The van der Waals surface area contributed by atoms with Gasteiger partial charge in [-0.05, 0) is 25.5 Å². The van der Waals surface area contributed by atoms with Crippen LogP contribution in [0.1, 0.15) is 30.3 Å². The van der Waals surface area contributed by atoms with Crippen LogP contribution in [0.5, 0.6) is 0 Å². The lowest BCUT2D eigenvalue weighted by Crippen LogP contribution is -2.16. The van der Waals surface area contributed by atoms with Gasteiger partial charge in [-0.2, -0.15) is 13.2 Å². The summed E-state index contributed by atoms with van der Waals surface area (Å²) < 4.78 is 37.0. The first kappa shape index (κ1) is 10.4. The first-order valence-corrected chi connectivity index (χ1v) is 4.70. The van der Waals surface area contributed by atoms with Gasteiger partial charge in [0, 0.05) is 6.04 Å². The molecule has 1 aliphatic heterocycles. The first-order valence-electron chi connectivity index (χ1n) is 4.70. The minimum absolute atomic E-state index is 0.0610. The molecule has 0 amide bonds. The van der Waals surface area contributed by atoms with E-state index in [0.29, 0.717) is 5.69 Å². The summed E-state index contributed by atoms with van der Waals surface area (Å²) in [6.07, 6.45) is -1.63. The molecule has 2 rings (SSSR count). The average molecular weight is 217 g/mol. The molecule has 1 aliphatic rings. The number of hydrogen-bond acceptors (Lipinski definition) is 3. The van der Waals surface area contributed by atoms with Crippen molar-refractivity contribution in [2.45, 2.75) is 25.1 Å². The Kier molecular flexibility index (Phi) is 2.60. The van der Waals surface area contributed by atoms with Gasteiger partial charge < -0.3 is 5.32 Å². The second-order valence-corrected chi connectivity index (χ2v) is 3.47. The zero-order valence-electron chi connectivity index (χ0n) is 7.88. The van der Waals surface area contributed by atoms with Crippen molar-refractivity contribution in [1.29, 1.82) is 0 Å². The molecule has 1 atom stereocenters. The zero-order chi connectivity index (χ0) is 10.9. The van der Waals surface area contributed by atoms with Crippen LogP contribution >= 0.6 is 0 Å². The Morgan fingerprint density at radius 3 is 2.73 bits per heavy atom. The molecule has 0 bridgehead atoms. The molecule has 0 radical (unpaired) electrons. The predicted molar refractivity (Wildman–Crippen MR) is 47.0 cm³/mol. The number of rotatable bonds is 1. The van der Waals surface area contributed by atoms with Crippen LogP contribution in [0.2, 0.25) is 0 Å². The van der Waals surface area contributed by atoms with Crippen molar-refractivity contribution in [3.63, 3.8) is 0 Å². The SMILES string of the molecule is FC(F)(F)c1cc(C2CCCN2)ncn1. The molecule has 1 fully saturated rings. The van der Waals surface area contributed by atoms with Crippen molar-refractivity contribution in [2.24, 2.45) is 0 Å². The van der Waals surface area contributed by atoms with Gasteiger partial charge in [-0.25, -0.2) is 9.97 Å². The molecule has 82 valence electrons. The Morgan fingerprint density at radius 1 is 1.33 bits per heavy atom. The second-order valence-electron chi connectivity index (χ2n) is 3.47. The van der Waals surface area contributed by atoms with E-state index in [-0.39, 0.29) is 6.04 Å².